The molecule has 0 N–H and O–H groups in total. The van der Waals surface area contributed by atoms with E-state index in [4.69, 9.17) is 16.3 Å². The number of carbonyl (C=O) groups excluding carboxylic acids is 1. The molecule has 0 saturated carbocycles. The minimum absolute atomic E-state index is 0.0683. The summed E-state index contributed by atoms with van der Waals surface area (Å²) in [5.74, 6) is -0.679. The second-order valence-electron chi connectivity index (χ2n) is 5.13. The minimum Gasteiger partial charge on any atom is -0.486 e. The predicted octanol–water partition coefficient (Wildman–Crippen LogP) is 5.14. The van der Waals surface area contributed by atoms with Gasteiger partial charge in [0.05, 0.1) is 0 Å². The van der Waals surface area contributed by atoms with Crippen molar-refractivity contribution >= 4 is 17.4 Å². The molecule has 2 rings (SSSR count). The Labute approximate surface area is 139 Å². The number of benzene rings is 2. The fourth-order valence-electron chi connectivity index (χ4n) is 2.06. The molecule has 0 heterocycles. The van der Waals surface area contributed by atoms with Gasteiger partial charge in [0.2, 0.25) is 0 Å². The summed E-state index contributed by atoms with van der Waals surface area (Å²) < 4.78 is 31.8. The first-order chi connectivity index (χ1) is 11.1. The van der Waals surface area contributed by atoms with Crippen LogP contribution >= 0.6 is 11.6 Å². The monoisotopic (exact) mass is 338 g/mol. The number of hydrogen-bond donors (Lipinski definition) is 0. The number of hydrogen-bond acceptors (Lipinski definition) is 2. The van der Waals surface area contributed by atoms with Gasteiger partial charge in [0.15, 0.2) is 17.3 Å². The van der Waals surface area contributed by atoms with Gasteiger partial charge in [0, 0.05) is 23.9 Å². The van der Waals surface area contributed by atoms with E-state index >= 15 is 0 Å². The highest BCUT2D eigenvalue weighted by atomic mass is 35.5. The highest BCUT2D eigenvalue weighted by Gasteiger charge is 2.07. The Morgan fingerprint density at radius 2 is 1.78 bits per heavy atom. The van der Waals surface area contributed by atoms with Crippen molar-refractivity contribution < 1.29 is 18.3 Å². The summed E-state index contributed by atoms with van der Waals surface area (Å²) in [6.45, 7) is 0.0983. The number of rotatable bonds is 8. The zero-order chi connectivity index (χ0) is 16.7. The van der Waals surface area contributed by atoms with Crippen molar-refractivity contribution in [3.05, 3.63) is 65.2 Å². The SMILES string of the molecule is O=C(CCCCCl)c1ccc(COc2cc(F)ccc2F)cc1. The molecule has 0 unspecified atom stereocenters. The zero-order valence-corrected chi connectivity index (χ0v) is 13.3. The van der Waals surface area contributed by atoms with Crippen LogP contribution < -0.4 is 4.74 Å². The Morgan fingerprint density at radius 1 is 1.04 bits per heavy atom. The number of unbranched alkanes of at least 4 members (excludes halogenated alkanes) is 1. The van der Waals surface area contributed by atoms with Crippen LogP contribution in [0.25, 0.3) is 0 Å². The van der Waals surface area contributed by atoms with Crippen molar-refractivity contribution in [2.24, 2.45) is 0 Å². The van der Waals surface area contributed by atoms with Gasteiger partial charge in [-0.25, -0.2) is 8.78 Å². The van der Waals surface area contributed by atoms with Gasteiger partial charge >= 0.3 is 0 Å². The molecule has 5 heteroatoms. The Kier molecular flexibility index (Phi) is 6.53. The maximum atomic E-state index is 13.4. The molecule has 0 aliphatic rings. The van der Waals surface area contributed by atoms with Gasteiger partial charge in [0.1, 0.15) is 12.4 Å². The second-order valence-corrected chi connectivity index (χ2v) is 5.51. The van der Waals surface area contributed by atoms with Crippen LogP contribution in [0.3, 0.4) is 0 Å². The first-order valence-electron chi connectivity index (χ1n) is 7.36. The van der Waals surface area contributed by atoms with Crippen LogP contribution in [0, 0.1) is 11.6 Å². The van der Waals surface area contributed by atoms with E-state index in [1.54, 1.807) is 24.3 Å². The summed E-state index contributed by atoms with van der Waals surface area (Å²) >= 11 is 5.58. The lowest BCUT2D eigenvalue weighted by molar-refractivity contribution is 0.0980. The van der Waals surface area contributed by atoms with Crippen LogP contribution in [0.15, 0.2) is 42.5 Å². The standard InChI is InChI=1S/C18H17ClF2O2/c19-10-2-1-3-17(22)14-6-4-13(5-7-14)12-23-18-11-15(20)8-9-16(18)21/h4-9,11H,1-3,10,12H2. The molecule has 0 aliphatic carbocycles. The molecule has 0 aliphatic heterocycles. The fourth-order valence-corrected chi connectivity index (χ4v) is 2.25. The maximum absolute atomic E-state index is 13.4. The van der Waals surface area contributed by atoms with E-state index in [9.17, 15) is 13.6 Å². The third-order valence-electron chi connectivity index (χ3n) is 3.35. The van der Waals surface area contributed by atoms with Crippen LogP contribution in [0.1, 0.15) is 35.2 Å². The average Bonchev–Trinajstić information content (AvgIpc) is 2.56. The van der Waals surface area contributed by atoms with E-state index in [0.29, 0.717) is 17.9 Å². The summed E-state index contributed by atoms with van der Waals surface area (Å²) in [5, 5.41) is 0. The molecule has 0 aromatic heterocycles. The van der Waals surface area contributed by atoms with E-state index in [0.717, 1.165) is 36.6 Å². The van der Waals surface area contributed by atoms with Crippen molar-refractivity contribution in [1.29, 1.82) is 0 Å². The lowest BCUT2D eigenvalue weighted by Gasteiger charge is -2.08. The molecule has 0 spiro atoms. The molecule has 0 fully saturated rings. The topological polar surface area (TPSA) is 26.3 Å². The van der Waals surface area contributed by atoms with Gasteiger partial charge in [-0.2, -0.15) is 0 Å². The minimum atomic E-state index is -0.613. The van der Waals surface area contributed by atoms with Crippen LogP contribution in [0.5, 0.6) is 5.75 Å². The molecule has 23 heavy (non-hydrogen) atoms. The highest BCUT2D eigenvalue weighted by molar-refractivity contribution is 6.17. The van der Waals surface area contributed by atoms with Crippen LogP contribution in [0.2, 0.25) is 0 Å². The summed E-state index contributed by atoms with van der Waals surface area (Å²) in [5.41, 5.74) is 1.39. The number of carbonyl (C=O) groups is 1. The molecule has 2 nitrogen and oxygen atoms in total. The quantitative estimate of drug-likeness (QED) is 0.378. The van der Waals surface area contributed by atoms with E-state index < -0.39 is 11.6 Å². The Morgan fingerprint density at radius 3 is 2.48 bits per heavy atom. The first kappa shape index (κ1) is 17.4. The largest absolute Gasteiger partial charge is 0.486 e. The number of alkyl halides is 1. The van der Waals surface area contributed by atoms with Gasteiger partial charge in [-0.05, 0) is 30.5 Å². The summed E-state index contributed by atoms with van der Waals surface area (Å²) in [4.78, 5) is 11.9. The van der Waals surface area contributed by atoms with Crippen molar-refractivity contribution in [2.75, 3.05) is 5.88 Å². The highest BCUT2D eigenvalue weighted by Crippen LogP contribution is 2.19. The molecule has 0 amide bonds. The van der Waals surface area contributed by atoms with Crippen LogP contribution in [0.4, 0.5) is 8.78 Å². The molecule has 0 atom stereocenters. The second kappa shape index (κ2) is 8.63. The first-order valence-corrected chi connectivity index (χ1v) is 7.89. The summed E-state index contributed by atoms with van der Waals surface area (Å²) in [6.07, 6.45) is 2.06. The molecular weight excluding hydrogens is 322 g/mol. The summed E-state index contributed by atoms with van der Waals surface area (Å²) in [7, 11) is 0. The van der Waals surface area contributed by atoms with E-state index in [-0.39, 0.29) is 18.1 Å². The number of Topliss-reactive ketones (excluding diaryl/α,β-unsaturated/α-hetero) is 1. The smallest absolute Gasteiger partial charge is 0.165 e. The molecule has 122 valence electrons. The normalized spacial score (nSPS) is 10.6. The molecule has 2 aromatic carbocycles. The lowest BCUT2D eigenvalue weighted by atomic mass is 10.0. The molecule has 2 aromatic rings. The van der Waals surface area contributed by atoms with Gasteiger partial charge < -0.3 is 4.74 Å². The van der Waals surface area contributed by atoms with Gasteiger partial charge in [-0.15, -0.1) is 11.6 Å². The van der Waals surface area contributed by atoms with E-state index in [1.807, 2.05) is 0 Å². The van der Waals surface area contributed by atoms with Gasteiger partial charge in [0.25, 0.3) is 0 Å². The van der Waals surface area contributed by atoms with E-state index in [1.165, 1.54) is 0 Å². The van der Waals surface area contributed by atoms with Gasteiger partial charge in [-0.1, -0.05) is 24.3 Å². The molecular formula is C18H17ClF2O2. The average molecular weight is 339 g/mol. The van der Waals surface area contributed by atoms with Gasteiger partial charge in [-0.3, -0.25) is 4.79 Å². The summed E-state index contributed by atoms with van der Waals surface area (Å²) in [6, 6.07) is 9.97. The Hall–Kier alpha value is -1.94. The van der Waals surface area contributed by atoms with Crippen LogP contribution in [-0.2, 0) is 6.61 Å². The lowest BCUT2D eigenvalue weighted by Crippen LogP contribution is -2.01. The third-order valence-corrected chi connectivity index (χ3v) is 3.62. The molecule has 0 saturated heterocycles. The number of halogens is 3. The zero-order valence-electron chi connectivity index (χ0n) is 12.5. The van der Waals surface area contributed by atoms with Crippen molar-refractivity contribution in [3.8, 4) is 5.75 Å². The Bertz CT molecular complexity index is 657. The number of ether oxygens (including phenoxy) is 1. The van der Waals surface area contributed by atoms with E-state index in [2.05, 4.69) is 0 Å². The van der Waals surface area contributed by atoms with Crippen molar-refractivity contribution in [1.82, 2.24) is 0 Å². The Balaban J connectivity index is 1.92. The predicted molar refractivity (Wildman–Crippen MR) is 86.0 cm³/mol. The third kappa shape index (κ3) is 5.32. The van der Waals surface area contributed by atoms with Crippen molar-refractivity contribution in [3.63, 3.8) is 0 Å². The number of ketones is 1. The van der Waals surface area contributed by atoms with Crippen molar-refractivity contribution in [2.45, 2.75) is 25.9 Å². The fraction of sp³-hybridized carbons (Fsp3) is 0.278. The molecule has 0 radical (unpaired) electrons. The van der Waals surface area contributed by atoms with Crippen LogP contribution in [-0.4, -0.2) is 11.7 Å². The molecule has 0 bridgehead atoms. The maximum Gasteiger partial charge on any atom is 0.165 e.